The van der Waals surface area contributed by atoms with Crippen molar-refractivity contribution in [2.24, 2.45) is 0 Å². The fourth-order valence-corrected chi connectivity index (χ4v) is 3.02. The van der Waals surface area contributed by atoms with E-state index in [-0.39, 0.29) is 5.91 Å². The third kappa shape index (κ3) is 4.40. The van der Waals surface area contributed by atoms with Crippen molar-refractivity contribution in [3.05, 3.63) is 17.5 Å². The Kier molecular flexibility index (Phi) is 6.12. The number of aromatic nitrogens is 2. The second kappa shape index (κ2) is 8.08. The molecule has 1 aromatic rings. The molecule has 1 aliphatic rings. The van der Waals surface area contributed by atoms with Crippen molar-refractivity contribution in [1.82, 2.24) is 20.2 Å². The maximum atomic E-state index is 12.2. The van der Waals surface area contributed by atoms with Crippen molar-refractivity contribution in [3.8, 4) is 0 Å². The number of hydrogen-bond acceptors (Lipinski definition) is 5. The maximum Gasteiger partial charge on any atom is 0.270 e. The number of likely N-dealkylation sites (tertiary alicyclic amines) is 1. The highest BCUT2D eigenvalue weighted by molar-refractivity contribution is 5.92. The quantitative estimate of drug-likeness (QED) is 0.839. The second-order valence-electron chi connectivity index (χ2n) is 5.82. The summed E-state index contributed by atoms with van der Waals surface area (Å²) in [5.41, 5.74) is 1.20. The zero-order valence-corrected chi connectivity index (χ0v) is 13.9. The molecule has 2 heterocycles. The molecular formula is C16H27N5O. The van der Waals surface area contributed by atoms with Crippen LogP contribution in [0.15, 0.2) is 6.07 Å². The van der Waals surface area contributed by atoms with Crippen LogP contribution in [0.2, 0.25) is 0 Å². The topological polar surface area (TPSA) is 70.2 Å². The molecular weight excluding hydrogens is 278 g/mol. The fourth-order valence-electron chi connectivity index (χ4n) is 3.02. The Balaban J connectivity index is 1.86. The molecule has 0 aromatic carbocycles. The van der Waals surface area contributed by atoms with Gasteiger partial charge < -0.3 is 10.6 Å². The van der Waals surface area contributed by atoms with E-state index < -0.39 is 0 Å². The molecule has 1 fully saturated rings. The van der Waals surface area contributed by atoms with E-state index in [2.05, 4.69) is 32.4 Å². The van der Waals surface area contributed by atoms with Gasteiger partial charge in [0.15, 0.2) is 0 Å². The molecule has 0 bridgehead atoms. The van der Waals surface area contributed by atoms with Gasteiger partial charge in [-0.05, 0) is 38.8 Å². The lowest BCUT2D eigenvalue weighted by Gasteiger charge is -2.35. The summed E-state index contributed by atoms with van der Waals surface area (Å²) in [5, 5.41) is 5.84. The molecule has 1 unspecified atom stereocenters. The molecule has 1 saturated heterocycles. The summed E-state index contributed by atoms with van der Waals surface area (Å²) in [4.78, 5) is 23.1. The number of aryl methyl sites for hydroxylation is 1. The van der Waals surface area contributed by atoms with Crippen LogP contribution in [0.1, 0.15) is 48.8 Å². The van der Waals surface area contributed by atoms with Gasteiger partial charge in [0.2, 0.25) is 5.95 Å². The number of amides is 1. The standard InChI is InChI=1S/C16H27N5O/c1-4-13-7-5-6-9-21(13)10-8-18-15(22)14-11-12(2)19-16(17-3)20-14/h11,13H,4-10H2,1-3H3,(H,18,22)(H,17,19,20). The minimum atomic E-state index is -0.132. The lowest BCUT2D eigenvalue weighted by Crippen LogP contribution is -2.43. The van der Waals surface area contributed by atoms with Crippen LogP contribution in [0.4, 0.5) is 5.95 Å². The van der Waals surface area contributed by atoms with Gasteiger partial charge in [-0.25, -0.2) is 9.97 Å². The first kappa shape index (κ1) is 16.7. The molecule has 122 valence electrons. The molecule has 1 aromatic heterocycles. The van der Waals surface area contributed by atoms with E-state index in [1.165, 1.54) is 25.7 Å². The number of rotatable bonds is 6. The fraction of sp³-hybridized carbons (Fsp3) is 0.688. The van der Waals surface area contributed by atoms with Crippen molar-refractivity contribution in [3.63, 3.8) is 0 Å². The molecule has 0 radical (unpaired) electrons. The molecule has 2 N–H and O–H groups in total. The minimum absolute atomic E-state index is 0.132. The van der Waals surface area contributed by atoms with Gasteiger partial charge in [-0.1, -0.05) is 13.3 Å². The lowest BCUT2D eigenvalue weighted by atomic mass is 10.0. The predicted molar refractivity (Wildman–Crippen MR) is 88.2 cm³/mol. The van der Waals surface area contributed by atoms with Crippen molar-refractivity contribution in [1.29, 1.82) is 0 Å². The van der Waals surface area contributed by atoms with E-state index in [4.69, 9.17) is 0 Å². The number of anilines is 1. The van der Waals surface area contributed by atoms with E-state index in [1.54, 1.807) is 13.1 Å². The molecule has 6 heteroatoms. The smallest absolute Gasteiger partial charge is 0.270 e. The largest absolute Gasteiger partial charge is 0.357 e. The Labute approximate surface area is 132 Å². The summed E-state index contributed by atoms with van der Waals surface area (Å²) >= 11 is 0. The zero-order chi connectivity index (χ0) is 15.9. The third-order valence-corrected chi connectivity index (χ3v) is 4.22. The Bertz CT molecular complexity index is 505. The Morgan fingerprint density at radius 1 is 1.41 bits per heavy atom. The van der Waals surface area contributed by atoms with Gasteiger partial charge in [-0.15, -0.1) is 0 Å². The summed E-state index contributed by atoms with van der Waals surface area (Å²) in [6.07, 6.45) is 5.06. The molecule has 22 heavy (non-hydrogen) atoms. The molecule has 0 spiro atoms. The van der Waals surface area contributed by atoms with Crippen LogP contribution in [0.5, 0.6) is 0 Å². The summed E-state index contributed by atoms with van der Waals surface area (Å²) in [6.45, 7) is 6.81. The van der Waals surface area contributed by atoms with Gasteiger partial charge in [0.05, 0.1) is 0 Å². The SMILES string of the molecule is CCC1CCCCN1CCNC(=O)c1cc(C)nc(NC)n1. The van der Waals surface area contributed by atoms with Crippen LogP contribution in [-0.4, -0.2) is 53.5 Å². The zero-order valence-electron chi connectivity index (χ0n) is 13.9. The molecule has 0 aliphatic carbocycles. The molecule has 2 rings (SSSR count). The molecule has 1 atom stereocenters. The Morgan fingerprint density at radius 2 is 2.23 bits per heavy atom. The van der Waals surface area contributed by atoms with Gasteiger partial charge in [-0.3, -0.25) is 9.69 Å². The van der Waals surface area contributed by atoms with Gasteiger partial charge in [0.25, 0.3) is 5.91 Å². The lowest BCUT2D eigenvalue weighted by molar-refractivity contribution is 0.0929. The highest BCUT2D eigenvalue weighted by Gasteiger charge is 2.20. The number of nitrogens with zero attached hydrogens (tertiary/aromatic N) is 3. The number of carbonyl (C=O) groups is 1. The van der Waals surface area contributed by atoms with Crippen molar-refractivity contribution in [2.75, 3.05) is 32.0 Å². The van der Waals surface area contributed by atoms with Crippen LogP contribution in [0.3, 0.4) is 0 Å². The van der Waals surface area contributed by atoms with E-state index in [0.29, 0.717) is 24.2 Å². The first-order valence-corrected chi connectivity index (χ1v) is 8.19. The number of carbonyl (C=O) groups excluding carboxylic acids is 1. The Morgan fingerprint density at radius 3 is 2.95 bits per heavy atom. The highest BCUT2D eigenvalue weighted by atomic mass is 16.1. The first-order chi connectivity index (χ1) is 10.6. The summed E-state index contributed by atoms with van der Waals surface area (Å²) < 4.78 is 0. The van der Waals surface area contributed by atoms with Crippen molar-refractivity contribution in [2.45, 2.75) is 45.6 Å². The number of piperidine rings is 1. The van der Waals surface area contributed by atoms with Gasteiger partial charge in [0.1, 0.15) is 5.69 Å². The van der Waals surface area contributed by atoms with Crippen LogP contribution in [-0.2, 0) is 0 Å². The summed E-state index contributed by atoms with van der Waals surface area (Å²) in [6, 6.07) is 2.38. The van der Waals surface area contributed by atoms with E-state index in [1.807, 2.05) is 6.92 Å². The van der Waals surface area contributed by atoms with Gasteiger partial charge in [0, 0.05) is 31.9 Å². The normalized spacial score (nSPS) is 19.0. The summed E-state index contributed by atoms with van der Waals surface area (Å²) in [7, 11) is 1.75. The van der Waals surface area contributed by atoms with Crippen LogP contribution < -0.4 is 10.6 Å². The monoisotopic (exact) mass is 305 g/mol. The minimum Gasteiger partial charge on any atom is -0.357 e. The molecule has 1 amide bonds. The van der Waals surface area contributed by atoms with Crippen LogP contribution in [0.25, 0.3) is 0 Å². The number of nitrogens with one attached hydrogen (secondary N) is 2. The van der Waals surface area contributed by atoms with Gasteiger partial charge in [-0.2, -0.15) is 0 Å². The third-order valence-electron chi connectivity index (χ3n) is 4.22. The maximum absolute atomic E-state index is 12.2. The Hall–Kier alpha value is -1.69. The van der Waals surface area contributed by atoms with E-state index >= 15 is 0 Å². The van der Waals surface area contributed by atoms with Crippen molar-refractivity contribution >= 4 is 11.9 Å². The predicted octanol–water partition coefficient (Wildman–Crippen LogP) is 1.82. The van der Waals surface area contributed by atoms with Gasteiger partial charge >= 0.3 is 0 Å². The van der Waals surface area contributed by atoms with E-state index in [0.717, 1.165) is 18.8 Å². The second-order valence-corrected chi connectivity index (χ2v) is 5.82. The summed E-state index contributed by atoms with van der Waals surface area (Å²) in [5.74, 6) is 0.347. The first-order valence-electron chi connectivity index (χ1n) is 8.19. The van der Waals surface area contributed by atoms with Crippen LogP contribution >= 0.6 is 0 Å². The highest BCUT2D eigenvalue weighted by Crippen LogP contribution is 2.18. The molecule has 6 nitrogen and oxygen atoms in total. The van der Waals surface area contributed by atoms with Crippen LogP contribution in [0, 0.1) is 6.92 Å². The average Bonchev–Trinajstić information content (AvgIpc) is 2.54. The molecule has 1 aliphatic heterocycles. The average molecular weight is 305 g/mol. The van der Waals surface area contributed by atoms with E-state index in [9.17, 15) is 4.79 Å². The molecule has 0 saturated carbocycles. The number of hydrogen-bond donors (Lipinski definition) is 2. The van der Waals surface area contributed by atoms with Crippen molar-refractivity contribution < 1.29 is 4.79 Å².